The topological polar surface area (TPSA) is 63.6 Å². The van der Waals surface area contributed by atoms with Crippen molar-refractivity contribution < 1.29 is 14.2 Å². The molecule has 2 aliphatic heterocycles. The van der Waals surface area contributed by atoms with E-state index in [2.05, 4.69) is 23.2 Å². The van der Waals surface area contributed by atoms with E-state index in [1.54, 1.807) is 17.4 Å². The Hall–Kier alpha value is -1.81. The SMILES string of the molecule is N=C(/C=C1\NCCc2cc(C#CC3CC3)sc21)OCC1COCCO1. The second kappa shape index (κ2) is 7.61. The zero-order valence-electron chi connectivity index (χ0n) is 14.1. The number of ether oxygens (including phenoxy) is 3. The van der Waals surface area contributed by atoms with Crippen LogP contribution in [0.5, 0.6) is 0 Å². The van der Waals surface area contributed by atoms with Gasteiger partial charge in [0.05, 0.1) is 35.3 Å². The first-order chi connectivity index (χ1) is 12.3. The van der Waals surface area contributed by atoms with E-state index in [0.29, 0.717) is 32.3 Å². The normalized spacial score (nSPS) is 24.0. The molecular formula is C19H22N2O3S. The van der Waals surface area contributed by atoms with Crippen molar-refractivity contribution >= 4 is 22.9 Å². The third-order valence-corrected chi connectivity index (χ3v) is 5.45. The van der Waals surface area contributed by atoms with E-state index < -0.39 is 0 Å². The van der Waals surface area contributed by atoms with Gasteiger partial charge in [0.15, 0.2) is 0 Å². The highest BCUT2D eigenvalue weighted by molar-refractivity contribution is 7.13. The molecule has 0 amide bonds. The summed E-state index contributed by atoms with van der Waals surface area (Å²) in [6, 6.07) is 2.20. The predicted octanol–water partition coefficient (Wildman–Crippen LogP) is 2.41. The van der Waals surface area contributed by atoms with Gasteiger partial charge in [0.1, 0.15) is 12.7 Å². The van der Waals surface area contributed by atoms with Crippen LogP contribution in [0.1, 0.15) is 28.2 Å². The van der Waals surface area contributed by atoms with Crippen LogP contribution < -0.4 is 5.32 Å². The van der Waals surface area contributed by atoms with Crippen molar-refractivity contribution in [1.29, 1.82) is 5.41 Å². The summed E-state index contributed by atoms with van der Waals surface area (Å²) < 4.78 is 16.4. The number of hydrogen-bond donors (Lipinski definition) is 2. The molecule has 5 nitrogen and oxygen atoms in total. The first-order valence-corrected chi connectivity index (χ1v) is 9.60. The van der Waals surface area contributed by atoms with Crippen molar-refractivity contribution in [2.45, 2.75) is 25.4 Å². The Labute approximate surface area is 151 Å². The number of thiophene rings is 1. The van der Waals surface area contributed by atoms with E-state index >= 15 is 0 Å². The van der Waals surface area contributed by atoms with E-state index in [9.17, 15) is 0 Å². The molecular weight excluding hydrogens is 336 g/mol. The van der Waals surface area contributed by atoms with Gasteiger partial charge in [-0.2, -0.15) is 0 Å². The fraction of sp³-hybridized carbons (Fsp3) is 0.526. The van der Waals surface area contributed by atoms with Crippen LogP contribution in [-0.2, 0) is 20.6 Å². The minimum absolute atomic E-state index is 0.0894. The minimum Gasteiger partial charge on any atom is -0.475 e. The Morgan fingerprint density at radius 3 is 3.16 bits per heavy atom. The van der Waals surface area contributed by atoms with Crippen LogP contribution in [0.3, 0.4) is 0 Å². The molecule has 1 saturated heterocycles. The second-order valence-electron chi connectivity index (χ2n) is 6.49. The van der Waals surface area contributed by atoms with Crippen molar-refractivity contribution in [1.82, 2.24) is 5.32 Å². The van der Waals surface area contributed by atoms with Crippen LogP contribution in [0.15, 0.2) is 12.1 Å². The lowest BCUT2D eigenvalue weighted by Crippen LogP contribution is -2.33. The quantitative estimate of drug-likeness (QED) is 0.495. The lowest BCUT2D eigenvalue weighted by Gasteiger charge is -2.23. The second-order valence-corrected chi connectivity index (χ2v) is 7.54. The zero-order chi connectivity index (χ0) is 17.1. The Kier molecular flexibility index (Phi) is 5.07. The maximum Gasteiger partial charge on any atom is 0.207 e. The lowest BCUT2D eigenvalue weighted by molar-refractivity contribution is -0.103. The van der Waals surface area contributed by atoms with Gasteiger partial charge in [-0.3, -0.25) is 5.41 Å². The molecule has 3 heterocycles. The van der Waals surface area contributed by atoms with Gasteiger partial charge in [0.25, 0.3) is 0 Å². The summed E-state index contributed by atoms with van der Waals surface area (Å²) in [6.07, 6.45) is 5.16. The van der Waals surface area contributed by atoms with Gasteiger partial charge in [-0.05, 0) is 30.9 Å². The van der Waals surface area contributed by atoms with E-state index in [1.165, 1.54) is 23.3 Å². The molecule has 132 valence electrons. The van der Waals surface area contributed by atoms with Gasteiger partial charge in [-0.25, -0.2) is 0 Å². The third kappa shape index (κ3) is 4.43. The molecule has 1 aliphatic carbocycles. The van der Waals surface area contributed by atoms with Gasteiger partial charge in [-0.15, -0.1) is 11.3 Å². The third-order valence-electron chi connectivity index (χ3n) is 4.33. The Morgan fingerprint density at radius 1 is 1.44 bits per heavy atom. The van der Waals surface area contributed by atoms with Crippen molar-refractivity contribution in [3.63, 3.8) is 0 Å². The number of rotatable bonds is 3. The maximum atomic E-state index is 8.08. The summed E-state index contributed by atoms with van der Waals surface area (Å²) in [7, 11) is 0. The molecule has 25 heavy (non-hydrogen) atoms. The van der Waals surface area contributed by atoms with Crippen molar-refractivity contribution in [3.8, 4) is 11.8 Å². The molecule has 0 bridgehead atoms. The molecule has 6 heteroatoms. The first-order valence-electron chi connectivity index (χ1n) is 8.79. The van der Waals surface area contributed by atoms with Gasteiger partial charge in [-0.1, -0.05) is 11.8 Å². The molecule has 4 rings (SSSR count). The standard InChI is InChI=1S/C19H22N2O3S/c20-18(24-12-15-11-22-7-8-23-15)10-17-19-14(5-6-21-17)9-16(25-19)4-3-13-1-2-13/h9-10,13,15,20-21H,1-2,5-8,11-12H2/b17-10-,20-18?. The fourth-order valence-corrected chi connectivity index (χ4v) is 3.89. The summed E-state index contributed by atoms with van der Waals surface area (Å²) in [4.78, 5) is 2.30. The summed E-state index contributed by atoms with van der Waals surface area (Å²) in [5.41, 5.74) is 2.27. The van der Waals surface area contributed by atoms with Crippen molar-refractivity contribution in [2.24, 2.45) is 5.92 Å². The van der Waals surface area contributed by atoms with Gasteiger partial charge in [0.2, 0.25) is 5.90 Å². The molecule has 3 aliphatic rings. The monoisotopic (exact) mass is 358 g/mol. The van der Waals surface area contributed by atoms with E-state index in [0.717, 1.165) is 23.5 Å². The highest BCUT2D eigenvalue weighted by Gasteiger charge is 2.20. The predicted molar refractivity (Wildman–Crippen MR) is 97.8 cm³/mol. The van der Waals surface area contributed by atoms with E-state index in [-0.39, 0.29) is 12.0 Å². The highest BCUT2D eigenvalue weighted by Crippen LogP contribution is 2.32. The van der Waals surface area contributed by atoms with E-state index in [1.807, 2.05) is 0 Å². The summed E-state index contributed by atoms with van der Waals surface area (Å²) in [6.45, 7) is 2.97. The largest absolute Gasteiger partial charge is 0.475 e. The van der Waals surface area contributed by atoms with Crippen LogP contribution >= 0.6 is 11.3 Å². The van der Waals surface area contributed by atoms with Crippen LogP contribution in [0.4, 0.5) is 0 Å². The van der Waals surface area contributed by atoms with Crippen molar-refractivity contribution in [2.75, 3.05) is 33.0 Å². The molecule has 0 radical (unpaired) electrons. The molecule has 1 unspecified atom stereocenters. The highest BCUT2D eigenvalue weighted by atomic mass is 32.1. The van der Waals surface area contributed by atoms with Crippen LogP contribution in [0.25, 0.3) is 5.70 Å². The fourth-order valence-electron chi connectivity index (χ4n) is 2.82. The van der Waals surface area contributed by atoms with Gasteiger partial charge < -0.3 is 19.5 Å². The number of hydrogen-bond acceptors (Lipinski definition) is 6. The lowest BCUT2D eigenvalue weighted by atomic mass is 10.1. The minimum atomic E-state index is -0.0894. The number of fused-ring (bicyclic) bond motifs is 1. The Morgan fingerprint density at radius 2 is 2.36 bits per heavy atom. The molecule has 0 spiro atoms. The zero-order valence-corrected chi connectivity index (χ0v) is 14.9. The number of nitrogens with one attached hydrogen (secondary N) is 2. The summed E-state index contributed by atoms with van der Waals surface area (Å²) in [5.74, 6) is 7.38. The molecule has 1 aromatic rings. The maximum absolute atomic E-state index is 8.08. The Balaban J connectivity index is 1.41. The smallest absolute Gasteiger partial charge is 0.207 e. The van der Waals surface area contributed by atoms with E-state index in [4.69, 9.17) is 19.6 Å². The van der Waals surface area contributed by atoms with Crippen LogP contribution in [-0.4, -0.2) is 45.0 Å². The van der Waals surface area contributed by atoms with Crippen LogP contribution in [0, 0.1) is 23.2 Å². The average Bonchev–Trinajstić information content (AvgIpc) is 3.37. The summed E-state index contributed by atoms with van der Waals surface area (Å²) in [5, 5.41) is 11.5. The summed E-state index contributed by atoms with van der Waals surface area (Å²) >= 11 is 1.70. The molecule has 1 atom stereocenters. The first kappa shape index (κ1) is 16.6. The molecule has 2 N–H and O–H groups in total. The molecule has 0 aromatic carbocycles. The molecule has 2 fully saturated rings. The van der Waals surface area contributed by atoms with Crippen molar-refractivity contribution in [3.05, 3.63) is 27.5 Å². The van der Waals surface area contributed by atoms with Gasteiger partial charge >= 0.3 is 0 Å². The molecule has 1 saturated carbocycles. The average molecular weight is 358 g/mol. The van der Waals surface area contributed by atoms with Crippen LogP contribution in [0.2, 0.25) is 0 Å². The van der Waals surface area contributed by atoms with Gasteiger partial charge in [0, 0.05) is 18.5 Å². The molecule has 1 aromatic heterocycles. The Bertz CT molecular complexity index is 734.